The molecule has 0 aromatic heterocycles. The number of hydrogen-bond acceptors (Lipinski definition) is 15. The summed E-state index contributed by atoms with van der Waals surface area (Å²) in [6, 6.07) is 2.39. The third-order valence-corrected chi connectivity index (χ3v) is 9.05. The molecule has 5 rings (SSSR count). The van der Waals surface area contributed by atoms with Crippen LogP contribution >= 0.6 is 0 Å². The number of ketones is 3. The first-order valence-electron chi connectivity index (χ1n) is 14.0. The molecular weight excluding hydrogens is 612 g/mol. The summed E-state index contributed by atoms with van der Waals surface area (Å²) < 4.78 is 38.0. The fraction of sp³-hybridized carbons (Fsp3) is 0.484. The number of phenolic OH excluding ortho intramolecular Hbond substituents is 1. The second kappa shape index (κ2) is 11.7. The molecular formula is C31H34O15. The van der Waals surface area contributed by atoms with Crippen LogP contribution in [0.25, 0.3) is 10.8 Å². The summed E-state index contributed by atoms with van der Waals surface area (Å²) in [5.74, 6) is -6.21. The molecule has 0 amide bonds. The largest absolute Gasteiger partial charge is 0.507 e. The van der Waals surface area contributed by atoms with Crippen LogP contribution in [-0.4, -0.2) is 127 Å². The Bertz CT molecular complexity index is 1680. The van der Waals surface area contributed by atoms with Crippen molar-refractivity contribution in [3.05, 3.63) is 46.2 Å². The molecule has 15 heteroatoms. The molecule has 248 valence electrons. The number of aliphatic hydroxyl groups excluding tert-OH is 2. The standard InChI is InChI=1S/C31H34O15/c1-11-18-13(9-15(19(11)28(38)43-6)46-29-24(42-5)22(34)23(41-4)12(2)45-29)8-14-20(21(18)33)27(37)31(44-7)17(32)10-16(40-3)26(36)30(31,39)25(14)35/h8-10,12,22-24,26,29,33-34,36,39H,1-7H3/t12-,22+,23-,24+,26+,29-,30+,31+/m0/s1. The van der Waals surface area contributed by atoms with Gasteiger partial charge in [-0.3, -0.25) is 14.4 Å². The van der Waals surface area contributed by atoms with E-state index in [1.54, 1.807) is 6.92 Å². The van der Waals surface area contributed by atoms with Crippen molar-refractivity contribution < 1.29 is 72.8 Å². The number of ether oxygens (including phenoxy) is 7. The number of hydrogen-bond donors (Lipinski definition) is 4. The summed E-state index contributed by atoms with van der Waals surface area (Å²) >= 11 is 0. The van der Waals surface area contributed by atoms with Gasteiger partial charge in [0.25, 0.3) is 0 Å². The Hall–Kier alpha value is -3.96. The van der Waals surface area contributed by atoms with E-state index in [-0.39, 0.29) is 27.6 Å². The second-order valence-electron chi connectivity index (χ2n) is 11.2. The van der Waals surface area contributed by atoms with Crippen LogP contribution in [0.1, 0.15) is 43.6 Å². The summed E-state index contributed by atoms with van der Waals surface area (Å²) in [5, 5.41) is 45.1. The van der Waals surface area contributed by atoms with Gasteiger partial charge in [0.15, 0.2) is 6.10 Å². The maximum Gasteiger partial charge on any atom is 0.341 e. The van der Waals surface area contributed by atoms with Crippen LogP contribution in [0.15, 0.2) is 24.0 Å². The number of fused-ring (bicyclic) bond motifs is 3. The lowest BCUT2D eigenvalue weighted by Gasteiger charge is -2.49. The monoisotopic (exact) mass is 646 g/mol. The fourth-order valence-corrected chi connectivity index (χ4v) is 6.74. The molecule has 8 atom stereocenters. The third kappa shape index (κ3) is 4.24. The summed E-state index contributed by atoms with van der Waals surface area (Å²) in [7, 11) is 5.81. The second-order valence-corrected chi connectivity index (χ2v) is 11.2. The van der Waals surface area contributed by atoms with Crippen LogP contribution in [0.4, 0.5) is 0 Å². The molecule has 46 heavy (non-hydrogen) atoms. The number of Topliss-reactive ketones (excluding diaryl/α,β-unsaturated/α-hetero) is 2. The van der Waals surface area contributed by atoms with Crippen molar-refractivity contribution in [2.45, 2.75) is 61.9 Å². The van der Waals surface area contributed by atoms with E-state index in [9.17, 15) is 39.6 Å². The first-order chi connectivity index (χ1) is 21.7. The highest BCUT2D eigenvalue weighted by Crippen LogP contribution is 2.50. The van der Waals surface area contributed by atoms with E-state index >= 15 is 0 Å². The van der Waals surface area contributed by atoms with Gasteiger partial charge in [-0.05, 0) is 36.9 Å². The van der Waals surface area contributed by atoms with Crippen molar-refractivity contribution in [3.8, 4) is 11.5 Å². The molecule has 1 saturated heterocycles. The minimum absolute atomic E-state index is 0.0388. The molecule has 2 aliphatic carbocycles. The number of esters is 1. The molecule has 2 aromatic carbocycles. The Morgan fingerprint density at radius 1 is 0.978 bits per heavy atom. The molecule has 15 nitrogen and oxygen atoms in total. The number of aryl methyl sites for hydroxylation is 1. The third-order valence-electron chi connectivity index (χ3n) is 9.05. The lowest BCUT2D eigenvalue weighted by molar-refractivity contribution is -0.278. The highest BCUT2D eigenvalue weighted by Gasteiger charge is 2.74. The first kappa shape index (κ1) is 33.4. The molecule has 1 aliphatic heterocycles. The molecule has 0 unspecified atom stereocenters. The van der Waals surface area contributed by atoms with E-state index in [2.05, 4.69) is 0 Å². The fourth-order valence-electron chi connectivity index (χ4n) is 6.74. The quantitative estimate of drug-likeness (QED) is 0.232. The summed E-state index contributed by atoms with van der Waals surface area (Å²) in [4.78, 5) is 54.6. The normalized spacial score (nSPS) is 32.5. The molecule has 0 radical (unpaired) electrons. The number of rotatable bonds is 7. The first-order valence-corrected chi connectivity index (χ1v) is 14.0. The van der Waals surface area contributed by atoms with Gasteiger partial charge in [-0.2, -0.15) is 0 Å². The number of aromatic hydroxyl groups is 1. The van der Waals surface area contributed by atoms with E-state index in [0.29, 0.717) is 0 Å². The Morgan fingerprint density at radius 3 is 2.20 bits per heavy atom. The number of benzene rings is 2. The van der Waals surface area contributed by atoms with Crippen molar-refractivity contribution in [1.29, 1.82) is 0 Å². The summed E-state index contributed by atoms with van der Waals surface area (Å²) in [5.41, 5.74) is -7.56. The molecule has 1 heterocycles. The van der Waals surface area contributed by atoms with Crippen LogP contribution in [0.2, 0.25) is 0 Å². The van der Waals surface area contributed by atoms with Crippen molar-refractivity contribution in [1.82, 2.24) is 0 Å². The number of phenols is 1. The summed E-state index contributed by atoms with van der Waals surface area (Å²) in [6.07, 6.45) is -6.52. The van der Waals surface area contributed by atoms with Gasteiger partial charge in [0.2, 0.25) is 34.8 Å². The van der Waals surface area contributed by atoms with Gasteiger partial charge >= 0.3 is 5.97 Å². The van der Waals surface area contributed by atoms with Gasteiger partial charge in [0.1, 0.15) is 41.1 Å². The maximum absolute atomic E-state index is 14.1. The minimum atomic E-state index is -3.19. The van der Waals surface area contributed by atoms with E-state index in [0.717, 1.165) is 33.5 Å². The number of methoxy groups -OCH3 is 5. The molecule has 3 aliphatic rings. The van der Waals surface area contributed by atoms with E-state index in [1.807, 2.05) is 0 Å². The van der Waals surface area contributed by atoms with Gasteiger partial charge in [-0.25, -0.2) is 4.79 Å². The van der Waals surface area contributed by atoms with Gasteiger partial charge in [0, 0.05) is 38.4 Å². The van der Waals surface area contributed by atoms with Crippen LogP contribution in [-0.2, 0) is 33.2 Å². The number of carbonyl (C=O) groups excluding carboxylic acids is 4. The SMILES string of the molecule is COC(=O)c1c(O[C@@H]2O[C@@H](C)[C@H](OC)[C@@H](O)[C@H]2OC)cc2cc3c(c(O)c2c1C)C(=O)[C@]1(OC)C(=O)C=C(OC)[C@@H](O)[C@]1(O)C3=O. The lowest BCUT2D eigenvalue weighted by atomic mass is 9.60. The van der Waals surface area contributed by atoms with Crippen molar-refractivity contribution >= 4 is 34.1 Å². The van der Waals surface area contributed by atoms with Crippen LogP contribution in [0.3, 0.4) is 0 Å². The molecule has 0 saturated carbocycles. The smallest absolute Gasteiger partial charge is 0.341 e. The Morgan fingerprint density at radius 2 is 1.63 bits per heavy atom. The number of aliphatic hydroxyl groups is 3. The van der Waals surface area contributed by atoms with Gasteiger partial charge in [0.05, 0.1) is 25.9 Å². The van der Waals surface area contributed by atoms with Crippen LogP contribution in [0.5, 0.6) is 11.5 Å². The average molecular weight is 647 g/mol. The van der Waals surface area contributed by atoms with E-state index in [4.69, 9.17) is 33.2 Å². The number of carbonyl (C=O) groups is 4. The van der Waals surface area contributed by atoms with Gasteiger partial charge < -0.3 is 53.6 Å². The predicted molar refractivity (Wildman–Crippen MR) is 154 cm³/mol. The Kier molecular flexibility index (Phi) is 8.49. The van der Waals surface area contributed by atoms with Crippen molar-refractivity contribution in [2.75, 3.05) is 35.5 Å². The van der Waals surface area contributed by atoms with Crippen molar-refractivity contribution in [3.63, 3.8) is 0 Å². The van der Waals surface area contributed by atoms with Crippen molar-refractivity contribution in [2.24, 2.45) is 0 Å². The van der Waals surface area contributed by atoms with Crippen LogP contribution < -0.4 is 4.74 Å². The molecule has 4 N–H and O–H groups in total. The Balaban J connectivity index is 1.76. The molecule has 2 aromatic rings. The Labute approximate surface area is 262 Å². The zero-order chi connectivity index (χ0) is 34.0. The average Bonchev–Trinajstić information content (AvgIpc) is 3.01. The summed E-state index contributed by atoms with van der Waals surface area (Å²) in [6.45, 7) is 3.06. The minimum Gasteiger partial charge on any atom is -0.507 e. The van der Waals surface area contributed by atoms with Crippen LogP contribution in [0, 0.1) is 6.92 Å². The molecule has 0 bridgehead atoms. The van der Waals surface area contributed by atoms with Gasteiger partial charge in [-0.1, -0.05) is 0 Å². The predicted octanol–water partition coefficient (Wildman–Crippen LogP) is 0.124. The highest BCUT2D eigenvalue weighted by atomic mass is 16.7. The maximum atomic E-state index is 14.1. The lowest BCUT2D eigenvalue weighted by Crippen LogP contribution is -2.77. The zero-order valence-corrected chi connectivity index (χ0v) is 26.0. The van der Waals surface area contributed by atoms with Gasteiger partial charge in [-0.15, -0.1) is 0 Å². The van der Waals surface area contributed by atoms with E-state index < -0.39 is 94.0 Å². The molecule has 0 spiro atoms. The topological polar surface area (TPSA) is 214 Å². The van der Waals surface area contributed by atoms with E-state index in [1.165, 1.54) is 27.2 Å². The zero-order valence-electron chi connectivity index (χ0n) is 26.0. The highest BCUT2D eigenvalue weighted by molar-refractivity contribution is 6.35. The molecule has 1 fully saturated rings.